The van der Waals surface area contributed by atoms with Crippen molar-refractivity contribution in [3.63, 3.8) is 0 Å². The highest BCUT2D eigenvalue weighted by atomic mass is 16.5. The summed E-state index contributed by atoms with van der Waals surface area (Å²) in [6, 6.07) is 20.1. The van der Waals surface area contributed by atoms with E-state index in [1.807, 2.05) is 66.3 Å². The molecule has 30 heavy (non-hydrogen) atoms. The van der Waals surface area contributed by atoms with Crippen molar-refractivity contribution in [1.29, 1.82) is 0 Å². The first-order valence-electron chi connectivity index (χ1n) is 10.1. The van der Waals surface area contributed by atoms with E-state index in [-0.39, 0.29) is 5.97 Å². The maximum Gasteiger partial charge on any atom is 0.330 e. The maximum absolute atomic E-state index is 12.1. The zero-order valence-corrected chi connectivity index (χ0v) is 17.1. The van der Waals surface area contributed by atoms with Gasteiger partial charge >= 0.3 is 5.97 Å². The molecule has 0 aliphatic rings. The molecule has 0 aliphatic heterocycles. The monoisotopic (exact) mass is 397 g/mol. The molecule has 150 valence electrons. The van der Waals surface area contributed by atoms with Crippen LogP contribution in [0, 0.1) is 0 Å². The Morgan fingerprint density at radius 3 is 2.30 bits per heavy atom. The summed E-state index contributed by atoms with van der Waals surface area (Å²) in [6.45, 7) is 4.90. The van der Waals surface area contributed by atoms with Crippen LogP contribution in [-0.4, -0.2) is 27.3 Å². The molecular formula is C25H23N3O2. The SMILES string of the molecule is CCOC(=O)C=Cc1c(-c2ccccc2)nc2c(cnn2CC)c1-c1ccccc1. The van der Waals surface area contributed by atoms with E-state index in [4.69, 9.17) is 9.72 Å². The van der Waals surface area contributed by atoms with Gasteiger partial charge in [0.25, 0.3) is 0 Å². The van der Waals surface area contributed by atoms with Gasteiger partial charge in [0.1, 0.15) is 0 Å². The number of hydrogen-bond donors (Lipinski definition) is 0. The van der Waals surface area contributed by atoms with Gasteiger partial charge in [-0.3, -0.25) is 0 Å². The van der Waals surface area contributed by atoms with Gasteiger partial charge in [0.2, 0.25) is 0 Å². The van der Waals surface area contributed by atoms with E-state index in [0.717, 1.165) is 45.5 Å². The van der Waals surface area contributed by atoms with E-state index in [1.165, 1.54) is 6.08 Å². The second-order valence-electron chi connectivity index (χ2n) is 6.76. The number of nitrogens with zero attached hydrogens (tertiary/aromatic N) is 3. The fraction of sp³-hybridized carbons (Fsp3) is 0.160. The first-order valence-corrected chi connectivity index (χ1v) is 10.1. The van der Waals surface area contributed by atoms with Crippen molar-refractivity contribution in [2.75, 3.05) is 6.61 Å². The number of rotatable bonds is 6. The first kappa shape index (κ1) is 19.6. The molecule has 2 aromatic carbocycles. The molecule has 0 N–H and O–H groups in total. The van der Waals surface area contributed by atoms with Gasteiger partial charge in [-0.1, -0.05) is 60.7 Å². The number of hydrogen-bond acceptors (Lipinski definition) is 4. The topological polar surface area (TPSA) is 57.0 Å². The summed E-state index contributed by atoms with van der Waals surface area (Å²) < 4.78 is 7.00. The normalized spacial score (nSPS) is 11.3. The van der Waals surface area contributed by atoms with Crippen LogP contribution in [-0.2, 0) is 16.1 Å². The highest BCUT2D eigenvalue weighted by Crippen LogP contribution is 2.37. The van der Waals surface area contributed by atoms with E-state index < -0.39 is 0 Å². The number of fused-ring (bicyclic) bond motifs is 1. The number of esters is 1. The molecule has 0 atom stereocenters. The van der Waals surface area contributed by atoms with Crippen LogP contribution in [0.4, 0.5) is 0 Å². The van der Waals surface area contributed by atoms with Crippen molar-refractivity contribution in [2.45, 2.75) is 20.4 Å². The van der Waals surface area contributed by atoms with Gasteiger partial charge in [-0.15, -0.1) is 0 Å². The van der Waals surface area contributed by atoms with Crippen molar-refractivity contribution >= 4 is 23.1 Å². The average molecular weight is 397 g/mol. The summed E-state index contributed by atoms with van der Waals surface area (Å²) in [4.78, 5) is 17.1. The molecule has 0 saturated heterocycles. The van der Waals surface area contributed by atoms with Crippen LogP contribution >= 0.6 is 0 Å². The van der Waals surface area contributed by atoms with Gasteiger partial charge in [-0.25, -0.2) is 14.5 Å². The predicted molar refractivity (Wildman–Crippen MR) is 120 cm³/mol. The molecule has 0 aliphatic carbocycles. The minimum atomic E-state index is -0.375. The second kappa shape index (κ2) is 8.74. The van der Waals surface area contributed by atoms with Crippen molar-refractivity contribution in [1.82, 2.24) is 14.8 Å². The molecule has 0 unspecified atom stereocenters. The molecule has 5 nitrogen and oxygen atoms in total. The standard InChI is InChI=1S/C25H23N3O2/c1-3-28-25-21(17-26-28)23(18-11-7-5-8-12-18)20(15-16-22(29)30-4-2)24(27-25)19-13-9-6-10-14-19/h5-17H,3-4H2,1-2H3. The summed E-state index contributed by atoms with van der Waals surface area (Å²) >= 11 is 0. The number of carbonyl (C=O) groups is 1. The fourth-order valence-electron chi connectivity index (χ4n) is 3.57. The van der Waals surface area contributed by atoms with E-state index in [0.29, 0.717) is 6.61 Å². The van der Waals surface area contributed by atoms with E-state index >= 15 is 0 Å². The lowest BCUT2D eigenvalue weighted by atomic mass is 9.93. The Labute approximate surface area is 175 Å². The Morgan fingerprint density at radius 2 is 1.67 bits per heavy atom. The first-order chi connectivity index (χ1) is 14.7. The minimum Gasteiger partial charge on any atom is -0.463 e. The smallest absolute Gasteiger partial charge is 0.330 e. The van der Waals surface area contributed by atoms with E-state index in [9.17, 15) is 4.79 Å². The van der Waals surface area contributed by atoms with Crippen LogP contribution < -0.4 is 0 Å². The lowest BCUT2D eigenvalue weighted by Crippen LogP contribution is -2.02. The molecule has 2 heterocycles. The number of ether oxygens (including phenoxy) is 1. The molecule has 0 spiro atoms. The molecule has 0 bridgehead atoms. The second-order valence-corrected chi connectivity index (χ2v) is 6.76. The van der Waals surface area contributed by atoms with E-state index in [2.05, 4.69) is 17.2 Å². The molecule has 0 radical (unpaired) electrons. The van der Waals surface area contributed by atoms with Crippen LogP contribution in [0.15, 0.2) is 72.9 Å². The Bertz CT molecular complexity index is 1200. The van der Waals surface area contributed by atoms with Crippen molar-refractivity contribution in [3.8, 4) is 22.4 Å². The summed E-state index contributed by atoms with van der Waals surface area (Å²) in [5, 5.41) is 5.49. The lowest BCUT2D eigenvalue weighted by Gasteiger charge is -2.14. The highest BCUT2D eigenvalue weighted by molar-refractivity contribution is 6.02. The lowest BCUT2D eigenvalue weighted by molar-refractivity contribution is -0.137. The number of aromatic nitrogens is 3. The zero-order chi connectivity index (χ0) is 20.9. The quantitative estimate of drug-likeness (QED) is 0.325. The summed E-state index contributed by atoms with van der Waals surface area (Å²) in [5.74, 6) is -0.375. The van der Waals surface area contributed by atoms with Gasteiger partial charge in [0.15, 0.2) is 5.65 Å². The molecular weight excluding hydrogens is 374 g/mol. The van der Waals surface area contributed by atoms with Gasteiger partial charge in [-0.05, 0) is 25.5 Å². The molecule has 2 aromatic heterocycles. The van der Waals surface area contributed by atoms with Gasteiger partial charge in [0, 0.05) is 34.7 Å². The van der Waals surface area contributed by atoms with Gasteiger partial charge < -0.3 is 4.74 Å². The van der Waals surface area contributed by atoms with Crippen LogP contribution in [0.3, 0.4) is 0 Å². The van der Waals surface area contributed by atoms with Crippen molar-refractivity contribution in [2.24, 2.45) is 0 Å². The highest BCUT2D eigenvalue weighted by Gasteiger charge is 2.19. The van der Waals surface area contributed by atoms with Gasteiger partial charge in [0.05, 0.1) is 18.5 Å². The van der Waals surface area contributed by atoms with Crippen LogP contribution in [0.5, 0.6) is 0 Å². The third-order valence-corrected chi connectivity index (χ3v) is 4.91. The summed E-state index contributed by atoms with van der Waals surface area (Å²) in [7, 11) is 0. The number of benzene rings is 2. The Morgan fingerprint density at radius 1 is 1.00 bits per heavy atom. The summed E-state index contributed by atoms with van der Waals surface area (Å²) in [5.41, 5.74) is 5.51. The molecule has 0 saturated carbocycles. The number of carbonyl (C=O) groups excluding carboxylic acids is 1. The minimum absolute atomic E-state index is 0.334. The van der Waals surface area contributed by atoms with Crippen molar-refractivity contribution in [3.05, 3.63) is 78.5 Å². The number of aryl methyl sites for hydroxylation is 1. The predicted octanol–water partition coefficient (Wildman–Crippen LogP) is 5.36. The molecule has 0 fully saturated rings. The van der Waals surface area contributed by atoms with Crippen LogP contribution in [0.1, 0.15) is 19.4 Å². The Balaban J connectivity index is 2.07. The van der Waals surface area contributed by atoms with Crippen LogP contribution in [0.25, 0.3) is 39.5 Å². The van der Waals surface area contributed by atoms with Gasteiger partial charge in [-0.2, -0.15) is 5.10 Å². The fourth-order valence-corrected chi connectivity index (χ4v) is 3.57. The third-order valence-electron chi connectivity index (χ3n) is 4.91. The van der Waals surface area contributed by atoms with E-state index in [1.54, 1.807) is 13.0 Å². The Kier molecular flexibility index (Phi) is 5.70. The maximum atomic E-state index is 12.1. The van der Waals surface area contributed by atoms with Crippen LogP contribution in [0.2, 0.25) is 0 Å². The molecule has 4 aromatic rings. The Hall–Kier alpha value is -3.73. The largest absolute Gasteiger partial charge is 0.463 e. The average Bonchev–Trinajstić information content (AvgIpc) is 3.20. The molecule has 4 rings (SSSR count). The summed E-state index contributed by atoms with van der Waals surface area (Å²) in [6.07, 6.45) is 5.12. The van der Waals surface area contributed by atoms with Crippen molar-refractivity contribution < 1.29 is 9.53 Å². The molecule has 5 heteroatoms. The third kappa shape index (κ3) is 3.74. The number of pyridine rings is 1. The molecule has 0 amide bonds. The zero-order valence-electron chi connectivity index (χ0n) is 17.1.